The highest BCUT2D eigenvalue weighted by Gasteiger charge is 2.34. The molecule has 6 rings (SSSR count). The van der Waals surface area contributed by atoms with E-state index < -0.39 is 84.2 Å². The van der Waals surface area contributed by atoms with E-state index in [1.807, 2.05) is 30.5 Å². The Bertz CT molecular complexity index is 2550. The molecule has 25 heteroatoms. The molecule has 0 aliphatic carbocycles. The first-order valence-electron chi connectivity index (χ1n) is 21.1. The minimum absolute atomic E-state index is 0.0879. The molecule has 5 aromatic heterocycles. The molecule has 6 atom stereocenters. The number of nitrogens with zero attached hydrogens (tertiary/aromatic N) is 4. The van der Waals surface area contributed by atoms with Gasteiger partial charge in [0.15, 0.2) is 0 Å². The molecule has 0 saturated heterocycles. The van der Waals surface area contributed by atoms with Gasteiger partial charge in [-0.15, -0.1) is 0 Å². The van der Waals surface area contributed by atoms with Crippen LogP contribution >= 0.6 is 11.8 Å². The summed E-state index contributed by atoms with van der Waals surface area (Å²) in [4.78, 5) is 126. The number of nitrogens with two attached hydrogens (primary N) is 1. The topological polar surface area (TPSA) is 368 Å². The third kappa shape index (κ3) is 14.3. The van der Waals surface area contributed by atoms with Gasteiger partial charge in [-0.2, -0.15) is 11.8 Å². The minimum atomic E-state index is -1.41. The van der Waals surface area contributed by atoms with Crippen molar-refractivity contribution in [2.75, 3.05) is 18.6 Å². The van der Waals surface area contributed by atoms with Gasteiger partial charge in [0.1, 0.15) is 30.2 Å². The first kappa shape index (κ1) is 48.7. The molecule has 1 aromatic carbocycles. The van der Waals surface area contributed by atoms with Crippen LogP contribution in [0, 0.1) is 0 Å². The lowest BCUT2D eigenvalue weighted by Crippen LogP contribution is -2.60. The number of hydrogen-bond acceptors (Lipinski definition) is 13. The second kappa shape index (κ2) is 23.9. The van der Waals surface area contributed by atoms with Gasteiger partial charge in [-0.3, -0.25) is 28.8 Å². The van der Waals surface area contributed by atoms with Crippen molar-refractivity contribution < 1.29 is 38.7 Å². The van der Waals surface area contributed by atoms with Crippen molar-refractivity contribution in [3.63, 3.8) is 0 Å². The van der Waals surface area contributed by atoms with E-state index in [9.17, 15) is 38.7 Å². The lowest BCUT2D eigenvalue weighted by molar-refractivity contribution is -0.142. The first-order chi connectivity index (χ1) is 32.4. The van der Waals surface area contributed by atoms with Gasteiger partial charge < -0.3 is 67.7 Å². The van der Waals surface area contributed by atoms with Gasteiger partial charge >= 0.3 is 5.97 Å². The van der Waals surface area contributed by atoms with E-state index in [-0.39, 0.29) is 32.1 Å². The molecule has 14 N–H and O–H groups in total. The number of carboxylic acids is 1. The summed E-state index contributed by atoms with van der Waals surface area (Å²) in [5.74, 6) is -5.19. The molecule has 0 spiro atoms. The quantitative estimate of drug-likeness (QED) is 0.0288. The molecule has 0 bridgehead atoms. The number of carboxylic acid groups (broad SMARTS) is 1. The number of aliphatic carboxylic acids is 1. The highest BCUT2D eigenvalue weighted by Crippen LogP contribution is 2.20. The predicted octanol–water partition coefficient (Wildman–Crippen LogP) is -1.72. The van der Waals surface area contributed by atoms with Crippen LogP contribution in [0.5, 0.6) is 0 Å². The van der Waals surface area contributed by atoms with Crippen LogP contribution in [0.25, 0.3) is 10.9 Å². The summed E-state index contributed by atoms with van der Waals surface area (Å²) in [6.45, 7) is -0.483. The number of fused-ring (bicyclic) bond motifs is 1. The van der Waals surface area contributed by atoms with Crippen molar-refractivity contribution in [3.05, 3.63) is 109 Å². The molecule has 6 aromatic rings. The number of rotatable bonds is 26. The van der Waals surface area contributed by atoms with E-state index in [4.69, 9.17) is 5.73 Å². The maximum atomic E-state index is 14.6. The largest absolute Gasteiger partial charge is 0.480 e. The number of thioether (sulfide) groups is 1. The zero-order valence-corrected chi connectivity index (χ0v) is 37.0. The van der Waals surface area contributed by atoms with E-state index in [1.165, 1.54) is 61.9 Å². The number of H-pyrrole nitrogens is 5. The number of aromatic nitrogens is 9. The monoisotopic (exact) mass is 940 g/mol. The van der Waals surface area contributed by atoms with Crippen LogP contribution in [0.2, 0.25) is 0 Å². The summed E-state index contributed by atoms with van der Waals surface area (Å²) in [5, 5.41) is 26.6. The molecule has 354 valence electrons. The molecule has 6 amide bonds. The maximum absolute atomic E-state index is 14.6. The summed E-state index contributed by atoms with van der Waals surface area (Å²) in [6, 6.07) is -0.362. The standard InChI is InChI=1S/C42H52N16O8S/c1-67-7-6-29(43)37(60)49-18-36(59)54-32(9-24-14-44-19-50-24)39(62)55-31(8-23-13-48-30-5-3-2-4-28(23)30)38(61)56-33(10-25-15-45-20-51-25)40(63)57-34(11-26-16-46-21-52-26)41(64)58-35(42(65)66)12-27-17-47-22-53-27/h2-5,13-17,19-22,29,31-35,48H,6-12,18,43H2,1H3,(H,44,50)(H,45,51)(H,46,52)(H,47,53)(H,49,60)(H,54,59)(H,55,62)(H,56,61)(H,57,63)(H,58,64)(H,65,66). The van der Waals surface area contributed by atoms with Crippen LogP contribution < -0.4 is 37.6 Å². The van der Waals surface area contributed by atoms with Crippen LogP contribution in [-0.4, -0.2) is 146 Å². The number of para-hydroxylation sites is 1. The third-order valence-electron chi connectivity index (χ3n) is 10.6. The molecule has 0 fully saturated rings. The lowest BCUT2D eigenvalue weighted by Gasteiger charge is -2.27. The van der Waals surface area contributed by atoms with E-state index in [0.717, 1.165) is 10.9 Å². The van der Waals surface area contributed by atoms with Crippen LogP contribution in [0.4, 0.5) is 0 Å². The molecule has 0 aliphatic heterocycles. The van der Waals surface area contributed by atoms with Crippen molar-refractivity contribution in [1.82, 2.24) is 76.8 Å². The Kier molecular flexibility index (Phi) is 17.4. The Morgan fingerprint density at radius 3 is 1.48 bits per heavy atom. The zero-order valence-electron chi connectivity index (χ0n) is 36.2. The first-order valence-corrected chi connectivity index (χ1v) is 22.5. The number of imidazole rings is 4. The zero-order chi connectivity index (χ0) is 47.7. The van der Waals surface area contributed by atoms with Crippen molar-refractivity contribution in [1.29, 1.82) is 0 Å². The number of carbonyl (C=O) groups excluding carboxylic acids is 6. The number of carbonyl (C=O) groups is 7. The second-order valence-electron chi connectivity index (χ2n) is 15.5. The van der Waals surface area contributed by atoms with Crippen molar-refractivity contribution in [2.24, 2.45) is 5.73 Å². The Hall–Kier alpha value is -7.80. The molecule has 67 heavy (non-hydrogen) atoms. The Labute approximate surface area is 386 Å². The van der Waals surface area contributed by atoms with E-state index in [1.54, 1.807) is 6.20 Å². The lowest BCUT2D eigenvalue weighted by atomic mass is 10.0. The molecule has 0 radical (unpaired) electrons. The van der Waals surface area contributed by atoms with E-state index in [0.29, 0.717) is 40.5 Å². The van der Waals surface area contributed by atoms with Crippen molar-refractivity contribution >= 4 is 64.1 Å². The third-order valence-corrected chi connectivity index (χ3v) is 11.2. The van der Waals surface area contributed by atoms with Crippen LogP contribution in [0.1, 0.15) is 34.8 Å². The second-order valence-corrected chi connectivity index (χ2v) is 16.5. The number of benzene rings is 1. The Morgan fingerprint density at radius 1 is 0.597 bits per heavy atom. The van der Waals surface area contributed by atoms with Crippen molar-refractivity contribution in [3.8, 4) is 0 Å². The maximum Gasteiger partial charge on any atom is 0.326 e. The summed E-state index contributed by atoms with van der Waals surface area (Å²) in [5.41, 5.74) is 9.14. The Morgan fingerprint density at radius 2 is 1.03 bits per heavy atom. The average Bonchev–Trinajstić information content (AvgIpc) is 4.18. The van der Waals surface area contributed by atoms with Gasteiger partial charge in [-0.05, 0) is 30.1 Å². The summed E-state index contributed by atoms with van der Waals surface area (Å²) in [6.07, 6.45) is 14.7. The summed E-state index contributed by atoms with van der Waals surface area (Å²) >= 11 is 1.52. The fourth-order valence-corrected chi connectivity index (χ4v) is 7.52. The molecule has 6 unspecified atom stereocenters. The fraction of sp³-hybridized carbons (Fsp3) is 0.357. The average molecular weight is 941 g/mol. The van der Waals surface area contributed by atoms with Gasteiger partial charge in [0.05, 0.1) is 37.9 Å². The number of amides is 6. The fourth-order valence-electron chi connectivity index (χ4n) is 7.03. The highest BCUT2D eigenvalue weighted by molar-refractivity contribution is 7.98. The predicted molar refractivity (Wildman–Crippen MR) is 242 cm³/mol. The number of nitrogens with one attached hydrogen (secondary N) is 11. The van der Waals surface area contributed by atoms with Gasteiger partial charge in [-0.1, -0.05) is 18.2 Å². The summed E-state index contributed by atoms with van der Waals surface area (Å²) in [7, 11) is 0. The molecule has 5 heterocycles. The highest BCUT2D eigenvalue weighted by atomic mass is 32.2. The SMILES string of the molecule is CSCCC(N)C(=O)NCC(=O)NC(Cc1cnc[nH]1)C(=O)NC(Cc1c[nH]c2ccccc12)C(=O)NC(Cc1cnc[nH]1)C(=O)NC(Cc1cnc[nH]1)C(=O)NC(Cc1cnc[nH]1)C(=O)O. The minimum Gasteiger partial charge on any atom is -0.480 e. The normalized spacial score (nSPS) is 13.9. The number of hydrogen-bond donors (Lipinski definition) is 13. The Balaban J connectivity index is 1.24. The van der Waals surface area contributed by atoms with Crippen LogP contribution in [-0.2, 0) is 65.7 Å². The van der Waals surface area contributed by atoms with Crippen LogP contribution in [0.3, 0.4) is 0 Å². The number of aromatic amines is 5. The molecule has 24 nitrogen and oxygen atoms in total. The van der Waals surface area contributed by atoms with E-state index >= 15 is 0 Å². The van der Waals surface area contributed by atoms with Gasteiger partial charge in [0.2, 0.25) is 35.4 Å². The smallest absolute Gasteiger partial charge is 0.326 e. The summed E-state index contributed by atoms with van der Waals surface area (Å²) < 4.78 is 0. The molecular weight excluding hydrogens is 889 g/mol. The van der Waals surface area contributed by atoms with Gasteiger partial charge in [-0.25, -0.2) is 24.7 Å². The molecule has 0 aliphatic rings. The van der Waals surface area contributed by atoms with Gasteiger partial charge in [0.25, 0.3) is 0 Å². The van der Waals surface area contributed by atoms with Crippen molar-refractivity contribution in [2.45, 2.75) is 74.8 Å². The molecule has 0 saturated carbocycles. The van der Waals surface area contributed by atoms with Crippen LogP contribution in [0.15, 0.2) is 80.6 Å². The van der Waals surface area contributed by atoms with E-state index in [2.05, 4.69) is 76.8 Å². The van der Waals surface area contributed by atoms with Gasteiger partial charge in [0, 0.05) is 96.8 Å². The molecular formula is C42H52N16O8S.